The standard InChI is InChI=1S/C19H36O3Si2/c1-13-11-15(22-24(9,10)18(3,4)5)12-19(23(6,7)8)16(13)17(19)21-14(2)20/h12-13,16-17H,11H2,1-10H3/t13-,16-,17+,19+/m0/s1. The quantitative estimate of drug-likeness (QED) is 0.480. The fourth-order valence-electron chi connectivity index (χ4n) is 4.16. The van der Waals surface area contributed by atoms with Gasteiger partial charge in [-0.15, -0.1) is 0 Å². The smallest absolute Gasteiger partial charge is 0.302 e. The number of ether oxygens (including phenoxy) is 1. The molecule has 2 aliphatic carbocycles. The van der Waals surface area contributed by atoms with Crippen molar-refractivity contribution in [2.75, 3.05) is 0 Å². The summed E-state index contributed by atoms with van der Waals surface area (Å²) in [4.78, 5) is 11.6. The number of carbonyl (C=O) groups excluding carboxylic acids is 1. The maximum atomic E-state index is 11.6. The number of hydrogen-bond donors (Lipinski definition) is 0. The molecule has 5 heteroatoms. The topological polar surface area (TPSA) is 35.5 Å². The fraction of sp³-hybridized carbons (Fsp3) is 0.842. The number of rotatable bonds is 4. The summed E-state index contributed by atoms with van der Waals surface area (Å²) in [5.74, 6) is 1.98. The van der Waals surface area contributed by atoms with Gasteiger partial charge in [-0.2, -0.15) is 0 Å². The molecule has 138 valence electrons. The third-order valence-corrected chi connectivity index (χ3v) is 14.3. The first-order valence-electron chi connectivity index (χ1n) is 9.21. The maximum absolute atomic E-state index is 11.6. The highest BCUT2D eigenvalue weighted by Crippen LogP contribution is 2.74. The van der Waals surface area contributed by atoms with Crippen molar-refractivity contribution in [1.82, 2.24) is 0 Å². The molecule has 0 radical (unpaired) electrons. The maximum Gasteiger partial charge on any atom is 0.302 e. The second-order valence-corrected chi connectivity index (χ2v) is 20.5. The van der Waals surface area contributed by atoms with Crippen molar-refractivity contribution in [3.05, 3.63) is 11.8 Å². The largest absolute Gasteiger partial charge is 0.547 e. The Morgan fingerprint density at radius 3 is 2.17 bits per heavy atom. The van der Waals surface area contributed by atoms with E-state index in [1.165, 1.54) is 6.92 Å². The summed E-state index contributed by atoms with van der Waals surface area (Å²) in [6.45, 7) is 22.5. The first-order chi connectivity index (χ1) is 10.6. The van der Waals surface area contributed by atoms with Gasteiger partial charge in [-0.05, 0) is 30.1 Å². The van der Waals surface area contributed by atoms with E-state index in [0.717, 1.165) is 12.2 Å². The third kappa shape index (κ3) is 3.14. The van der Waals surface area contributed by atoms with Crippen LogP contribution in [0.2, 0.25) is 42.8 Å². The average molecular weight is 369 g/mol. The molecule has 0 amide bonds. The van der Waals surface area contributed by atoms with Crippen molar-refractivity contribution >= 4 is 22.4 Å². The Hall–Kier alpha value is -0.556. The number of esters is 1. The van der Waals surface area contributed by atoms with Crippen LogP contribution in [0.25, 0.3) is 0 Å². The summed E-state index contributed by atoms with van der Waals surface area (Å²) < 4.78 is 12.4. The lowest BCUT2D eigenvalue weighted by Crippen LogP contribution is -2.42. The van der Waals surface area contributed by atoms with Crippen LogP contribution in [0.4, 0.5) is 0 Å². The summed E-state index contributed by atoms with van der Waals surface area (Å²) in [6.07, 6.45) is 3.41. The van der Waals surface area contributed by atoms with Crippen LogP contribution in [0.1, 0.15) is 41.0 Å². The molecule has 0 heterocycles. The van der Waals surface area contributed by atoms with Gasteiger partial charge in [0.25, 0.3) is 0 Å². The molecular weight excluding hydrogens is 332 g/mol. The van der Waals surface area contributed by atoms with Gasteiger partial charge in [-0.25, -0.2) is 0 Å². The minimum absolute atomic E-state index is 0.0496. The van der Waals surface area contributed by atoms with E-state index < -0.39 is 16.4 Å². The molecule has 1 saturated carbocycles. The number of hydrogen-bond acceptors (Lipinski definition) is 3. The monoisotopic (exact) mass is 368 g/mol. The zero-order chi connectivity index (χ0) is 18.7. The molecule has 0 aliphatic heterocycles. The molecule has 0 unspecified atom stereocenters. The van der Waals surface area contributed by atoms with Gasteiger partial charge in [0.2, 0.25) is 8.32 Å². The fourth-order valence-corrected chi connectivity index (χ4v) is 8.31. The van der Waals surface area contributed by atoms with Gasteiger partial charge >= 0.3 is 5.97 Å². The average Bonchev–Trinajstić information content (AvgIpc) is 2.95. The number of allylic oxidation sites excluding steroid dienone is 1. The zero-order valence-electron chi connectivity index (χ0n) is 17.2. The van der Waals surface area contributed by atoms with Crippen LogP contribution >= 0.6 is 0 Å². The summed E-state index contributed by atoms with van der Waals surface area (Å²) in [7, 11) is -3.40. The van der Waals surface area contributed by atoms with Gasteiger partial charge < -0.3 is 9.16 Å². The van der Waals surface area contributed by atoms with E-state index in [-0.39, 0.29) is 22.1 Å². The molecule has 4 atom stereocenters. The predicted octanol–water partition coefficient (Wildman–Crippen LogP) is 5.57. The first kappa shape index (κ1) is 19.8. The van der Waals surface area contributed by atoms with Gasteiger partial charge in [-0.3, -0.25) is 4.79 Å². The molecule has 2 aliphatic rings. The molecule has 0 aromatic heterocycles. The van der Waals surface area contributed by atoms with Crippen LogP contribution in [0, 0.1) is 11.8 Å². The molecule has 0 aromatic carbocycles. The van der Waals surface area contributed by atoms with E-state index in [0.29, 0.717) is 11.8 Å². The van der Waals surface area contributed by atoms with Crippen molar-refractivity contribution in [2.24, 2.45) is 11.8 Å². The summed E-state index contributed by atoms with van der Waals surface area (Å²) in [5, 5.41) is 0.243. The van der Waals surface area contributed by atoms with Crippen LogP contribution in [-0.2, 0) is 14.0 Å². The van der Waals surface area contributed by atoms with Crippen LogP contribution < -0.4 is 0 Å². The van der Waals surface area contributed by atoms with Gasteiger partial charge in [0, 0.05) is 24.3 Å². The zero-order valence-corrected chi connectivity index (χ0v) is 19.2. The van der Waals surface area contributed by atoms with Crippen molar-refractivity contribution in [3.63, 3.8) is 0 Å². The normalized spacial score (nSPS) is 33.4. The second-order valence-electron chi connectivity index (χ2n) is 10.4. The molecule has 3 nitrogen and oxygen atoms in total. The van der Waals surface area contributed by atoms with E-state index in [9.17, 15) is 4.79 Å². The van der Waals surface area contributed by atoms with Crippen LogP contribution in [-0.4, -0.2) is 28.5 Å². The van der Waals surface area contributed by atoms with Gasteiger partial charge in [0.15, 0.2) is 0 Å². The van der Waals surface area contributed by atoms with E-state index in [4.69, 9.17) is 9.16 Å². The Bertz CT molecular complexity index is 554. The Morgan fingerprint density at radius 1 is 1.21 bits per heavy atom. The van der Waals surface area contributed by atoms with Crippen LogP contribution in [0.15, 0.2) is 11.8 Å². The Kier molecular flexibility index (Phi) is 4.72. The van der Waals surface area contributed by atoms with Gasteiger partial charge in [-0.1, -0.05) is 47.3 Å². The van der Waals surface area contributed by atoms with E-state index >= 15 is 0 Å². The highest BCUT2D eigenvalue weighted by molar-refractivity contribution is 6.81. The highest BCUT2D eigenvalue weighted by atomic mass is 28.4. The number of carbonyl (C=O) groups is 1. The van der Waals surface area contributed by atoms with Crippen molar-refractivity contribution in [3.8, 4) is 0 Å². The van der Waals surface area contributed by atoms with Crippen molar-refractivity contribution in [2.45, 2.75) is 90.0 Å². The summed E-state index contributed by atoms with van der Waals surface area (Å²) in [5.41, 5.74) is 0. The van der Waals surface area contributed by atoms with Gasteiger partial charge in [0.1, 0.15) is 6.10 Å². The molecule has 0 N–H and O–H groups in total. The predicted molar refractivity (Wildman–Crippen MR) is 105 cm³/mol. The molecule has 24 heavy (non-hydrogen) atoms. The molecule has 0 saturated heterocycles. The summed E-state index contributed by atoms with van der Waals surface area (Å²) in [6, 6.07) is 0. The highest BCUT2D eigenvalue weighted by Gasteiger charge is 2.74. The molecule has 0 bridgehead atoms. The van der Waals surface area contributed by atoms with Gasteiger partial charge in [0.05, 0.1) is 13.8 Å². The van der Waals surface area contributed by atoms with Crippen LogP contribution in [0.3, 0.4) is 0 Å². The number of fused-ring (bicyclic) bond motifs is 1. The Balaban J connectivity index is 2.38. The molecule has 0 spiro atoms. The molecule has 1 fully saturated rings. The van der Waals surface area contributed by atoms with E-state index in [1.807, 2.05) is 0 Å². The third-order valence-electron chi connectivity index (χ3n) is 6.56. The lowest BCUT2D eigenvalue weighted by molar-refractivity contribution is -0.143. The Labute approximate surface area is 150 Å². The van der Waals surface area contributed by atoms with Crippen molar-refractivity contribution < 1.29 is 14.0 Å². The lowest BCUT2D eigenvalue weighted by Gasteiger charge is -2.40. The Morgan fingerprint density at radius 2 is 1.75 bits per heavy atom. The molecule has 0 aromatic rings. The summed E-state index contributed by atoms with van der Waals surface area (Å²) >= 11 is 0. The second kappa shape index (κ2) is 5.73. The lowest BCUT2D eigenvalue weighted by atomic mass is 9.94. The van der Waals surface area contributed by atoms with Crippen molar-refractivity contribution in [1.29, 1.82) is 0 Å². The minimum Gasteiger partial charge on any atom is -0.547 e. The minimum atomic E-state index is -1.84. The van der Waals surface area contributed by atoms with E-state index in [2.05, 4.69) is 66.5 Å². The first-order valence-corrected chi connectivity index (χ1v) is 15.6. The SMILES string of the molecule is CC(=O)O[C@@H]1[C@@H]2[C@@H](C)CC(O[Si](C)(C)C(C)(C)C)=C[C@@]21[Si](C)(C)C. The molecule has 2 rings (SSSR count). The van der Waals surface area contributed by atoms with Crippen LogP contribution in [0.5, 0.6) is 0 Å². The van der Waals surface area contributed by atoms with E-state index in [1.54, 1.807) is 0 Å². The molecular formula is C19H36O3Si2.